The molecule has 9 nitrogen and oxygen atoms in total. The number of carbonyl (C=O) groups is 2. The third-order valence-corrected chi connectivity index (χ3v) is 7.80. The molecular weight excluding hydrogens is 541 g/mol. The first-order chi connectivity index (χ1) is 20.4. The number of anilines is 1. The van der Waals surface area contributed by atoms with Gasteiger partial charge in [-0.3, -0.25) is 9.59 Å². The van der Waals surface area contributed by atoms with Gasteiger partial charge in [-0.05, 0) is 48.0 Å². The lowest BCUT2D eigenvalue weighted by atomic mass is 9.83. The van der Waals surface area contributed by atoms with Crippen LogP contribution in [0.4, 0.5) is 10.1 Å². The fraction of sp³-hybridized carbons (Fsp3) is 0.344. The van der Waals surface area contributed by atoms with E-state index in [2.05, 4.69) is 11.0 Å². The summed E-state index contributed by atoms with van der Waals surface area (Å²) in [5, 5.41) is 9.26. The predicted octanol–water partition coefficient (Wildman–Crippen LogP) is 4.06. The highest BCUT2D eigenvalue weighted by atomic mass is 19.1. The molecule has 2 fully saturated rings. The van der Waals surface area contributed by atoms with Crippen molar-refractivity contribution in [3.8, 4) is 11.8 Å². The second kappa shape index (κ2) is 12.7. The van der Waals surface area contributed by atoms with Crippen LogP contribution >= 0.6 is 0 Å². The Bertz CT molecular complexity index is 1460. The molecule has 2 aliphatic rings. The first-order valence-electron chi connectivity index (χ1n) is 13.6. The van der Waals surface area contributed by atoms with Gasteiger partial charge >= 0.3 is 0 Å². The summed E-state index contributed by atoms with van der Waals surface area (Å²) in [5.41, 5.74) is 2.27. The molecule has 0 unspecified atom stereocenters. The van der Waals surface area contributed by atoms with Crippen LogP contribution in [-0.2, 0) is 20.8 Å². The van der Waals surface area contributed by atoms with Crippen molar-refractivity contribution in [2.75, 3.05) is 52.0 Å². The molecule has 2 heterocycles. The zero-order chi connectivity index (χ0) is 29.7. The summed E-state index contributed by atoms with van der Waals surface area (Å²) in [5.74, 6) is -0.561. The van der Waals surface area contributed by atoms with E-state index in [0.717, 1.165) is 11.3 Å². The van der Waals surface area contributed by atoms with Crippen molar-refractivity contribution in [2.24, 2.45) is 5.41 Å². The standard InChI is InChI=1S/C32H32FN3O6/c1-35(30(38)27-6-4-3-5-24(27)16-37)26-17-41-31(42-18-26)32(20-40-21-32)19-36(25-10-7-22(14-34)8-11-25)15-23-9-12-29(39-2)28(33)13-23/h3-13,16,26,31H,15,17-21H2,1-2H3. The number of likely N-dealkylation sites (N-methyl/N-ethyl adjacent to an activating group) is 1. The van der Waals surface area contributed by atoms with Gasteiger partial charge in [0, 0.05) is 31.4 Å². The third-order valence-electron chi connectivity index (χ3n) is 7.80. The molecule has 0 saturated carbocycles. The minimum absolute atomic E-state index is 0.171. The number of hydrogen-bond donors (Lipinski definition) is 0. The van der Waals surface area contributed by atoms with Crippen LogP contribution in [0.3, 0.4) is 0 Å². The summed E-state index contributed by atoms with van der Waals surface area (Å²) in [7, 11) is 3.10. The van der Waals surface area contributed by atoms with Crippen molar-refractivity contribution >= 4 is 17.9 Å². The van der Waals surface area contributed by atoms with E-state index in [-0.39, 0.29) is 30.9 Å². The lowest BCUT2D eigenvalue weighted by Crippen LogP contribution is -2.62. The lowest BCUT2D eigenvalue weighted by Gasteiger charge is -2.51. The van der Waals surface area contributed by atoms with Crippen molar-refractivity contribution in [1.29, 1.82) is 5.26 Å². The number of methoxy groups -OCH3 is 1. The monoisotopic (exact) mass is 573 g/mol. The van der Waals surface area contributed by atoms with Crippen LogP contribution in [0.2, 0.25) is 0 Å². The van der Waals surface area contributed by atoms with E-state index in [1.54, 1.807) is 54.4 Å². The Hall–Kier alpha value is -4.30. The first kappa shape index (κ1) is 29.2. The first-order valence-corrected chi connectivity index (χ1v) is 13.6. The van der Waals surface area contributed by atoms with E-state index in [0.29, 0.717) is 49.3 Å². The third kappa shape index (κ3) is 5.99. The van der Waals surface area contributed by atoms with Crippen LogP contribution in [0.1, 0.15) is 31.8 Å². The van der Waals surface area contributed by atoms with Gasteiger partial charge in [0.2, 0.25) is 0 Å². The van der Waals surface area contributed by atoms with Gasteiger partial charge in [-0.2, -0.15) is 5.26 Å². The molecule has 3 aromatic carbocycles. The second-order valence-corrected chi connectivity index (χ2v) is 10.6. The molecule has 0 N–H and O–H groups in total. The molecule has 10 heteroatoms. The Labute approximate surface area is 243 Å². The van der Waals surface area contributed by atoms with Crippen LogP contribution in [0.25, 0.3) is 0 Å². The van der Waals surface area contributed by atoms with Crippen LogP contribution in [-0.4, -0.2) is 76.6 Å². The maximum absolute atomic E-state index is 14.5. The highest BCUT2D eigenvalue weighted by Crippen LogP contribution is 2.39. The minimum atomic E-state index is -0.596. The summed E-state index contributed by atoms with van der Waals surface area (Å²) in [6, 6.07) is 20.5. The van der Waals surface area contributed by atoms with Gasteiger partial charge in [-0.25, -0.2) is 4.39 Å². The highest BCUT2D eigenvalue weighted by Gasteiger charge is 2.50. The molecule has 3 aromatic rings. The van der Waals surface area contributed by atoms with Crippen LogP contribution in [0.15, 0.2) is 66.7 Å². The summed E-state index contributed by atoms with van der Waals surface area (Å²) < 4.78 is 37.7. The van der Waals surface area contributed by atoms with Gasteiger partial charge in [0.05, 0.1) is 62.2 Å². The van der Waals surface area contributed by atoms with Gasteiger partial charge in [0.15, 0.2) is 24.1 Å². The van der Waals surface area contributed by atoms with E-state index in [9.17, 15) is 19.2 Å². The smallest absolute Gasteiger partial charge is 0.254 e. The number of nitriles is 1. The fourth-order valence-corrected chi connectivity index (χ4v) is 5.28. The predicted molar refractivity (Wildman–Crippen MR) is 152 cm³/mol. The summed E-state index contributed by atoms with van der Waals surface area (Å²) in [6.07, 6.45) is 0.0763. The van der Waals surface area contributed by atoms with Gasteiger partial charge in [0.1, 0.15) is 0 Å². The largest absolute Gasteiger partial charge is 0.494 e. The van der Waals surface area contributed by atoms with Crippen molar-refractivity contribution in [1.82, 2.24) is 4.90 Å². The van der Waals surface area contributed by atoms with E-state index >= 15 is 0 Å². The molecular formula is C32H32FN3O6. The number of ether oxygens (including phenoxy) is 4. The minimum Gasteiger partial charge on any atom is -0.494 e. The molecule has 0 spiro atoms. The Balaban J connectivity index is 1.31. The summed E-state index contributed by atoms with van der Waals surface area (Å²) >= 11 is 0. The molecule has 0 atom stereocenters. The maximum atomic E-state index is 14.5. The van der Waals surface area contributed by atoms with Crippen molar-refractivity contribution in [2.45, 2.75) is 18.9 Å². The van der Waals surface area contributed by atoms with Gasteiger partial charge in [0.25, 0.3) is 5.91 Å². The molecule has 5 rings (SSSR count). The van der Waals surface area contributed by atoms with Gasteiger partial charge < -0.3 is 28.7 Å². The van der Waals surface area contributed by atoms with E-state index < -0.39 is 17.5 Å². The molecule has 2 saturated heterocycles. The second-order valence-electron chi connectivity index (χ2n) is 10.6. The van der Waals surface area contributed by atoms with Crippen LogP contribution in [0.5, 0.6) is 5.75 Å². The number of rotatable bonds is 10. The molecule has 1 amide bonds. The number of carbonyl (C=O) groups excluding carboxylic acids is 2. The zero-order valence-electron chi connectivity index (χ0n) is 23.5. The molecule has 0 aromatic heterocycles. The zero-order valence-corrected chi connectivity index (χ0v) is 23.5. The number of halogens is 1. The molecule has 218 valence electrons. The topological polar surface area (TPSA) is 101 Å². The Morgan fingerprint density at radius 1 is 1.12 bits per heavy atom. The maximum Gasteiger partial charge on any atom is 0.254 e. The normalized spacial score (nSPS) is 19.2. The van der Waals surface area contributed by atoms with Crippen LogP contribution < -0.4 is 9.64 Å². The van der Waals surface area contributed by atoms with Crippen molar-refractivity contribution < 1.29 is 32.9 Å². The number of hydrogen-bond acceptors (Lipinski definition) is 8. The van der Waals surface area contributed by atoms with Gasteiger partial charge in [-0.1, -0.05) is 24.3 Å². The average molecular weight is 574 g/mol. The molecule has 0 bridgehead atoms. The molecule has 0 radical (unpaired) electrons. The SMILES string of the molecule is COc1ccc(CN(CC2(C3OCC(N(C)C(=O)c4ccccc4C=O)CO3)COC2)c2ccc(C#N)cc2)cc1F. The molecule has 42 heavy (non-hydrogen) atoms. The summed E-state index contributed by atoms with van der Waals surface area (Å²) in [4.78, 5) is 28.2. The van der Waals surface area contributed by atoms with E-state index in [1.165, 1.54) is 13.2 Å². The number of amides is 1. The molecule has 2 aliphatic heterocycles. The van der Waals surface area contributed by atoms with Crippen molar-refractivity contribution in [3.63, 3.8) is 0 Å². The van der Waals surface area contributed by atoms with Gasteiger partial charge in [-0.15, -0.1) is 0 Å². The molecule has 0 aliphatic carbocycles. The average Bonchev–Trinajstić information content (AvgIpc) is 3.01. The Morgan fingerprint density at radius 3 is 2.43 bits per heavy atom. The van der Waals surface area contributed by atoms with Crippen molar-refractivity contribution in [3.05, 3.63) is 94.8 Å². The Kier molecular flexibility index (Phi) is 8.83. The number of aldehydes is 1. The summed E-state index contributed by atoms with van der Waals surface area (Å²) in [6.45, 7) is 2.15. The lowest BCUT2D eigenvalue weighted by molar-refractivity contribution is -0.300. The van der Waals surface area contributed by atoms with E-state index in [1.807, 2.05) is 18.2 Å². The quantitative estimate of drug-likeness (QED) is 0.335. The highest BCUT2D eigenvalue weighted by molar-refractivity contribution is 6.01. The number of nitrogens with zero attached hydrogens (tertiary/aromatic N) is 3. The van der Waals surface area contributed by atoms with E-state index in [4.69, 9.17) is 18.9 Å². The number of benzene rings is 3. The fourth-order valence-electron chi connectivity index (χ4n) is 5.28. The Morgan fingerprint density at radius 2 is 1.83 bits per heavy atom. The van der Waals surface area contributed by atoms with Crippen LogP contribution in [0, 0.1) is 22.6 Å².